The number of pyridine rings is 1. The molecule has 0 aliphatic heterocycles. The van der Waals surface area contributed by atoms with Crippen molar-refractivity contribution in [3.05, 3.63) is 75.9 Å². The summed E-state index contributed by atoms with van der Waals surface area (Å²) in [6.07, 6.45) is 4.70. The normalized spacial score (nSPS) is 12.1. The Morgan fingerprint density at radius 2 is 1.91 bits per heavy atom. The number of thiazole rings is 1. The molecule has 0 bridgehead atoms. The van der Waals surface area contributed by atoms with Gasteiger partial charge in [-0.25, -0.2) is 14.4 Å². The predicted octanol–water partition coefficient (Wildman–Crippen LogP) is 5.62. The van der Waals surface area contributed by atoms with E-state index in [0.29, 0.717) is 34.0 Å². The van der Waals surface area contributed by atoms with Gasteiger partial charge in [0.2, 0.25) is 5.95 Å². The van der Waals surface area contributed by atoms with Gasteiger partial charge < -0.3 is 5.32 Å². The Kier molecular flexibility index (Phi) is 6.50. The molecule has 0 saturated carbocycles. The van der Waals surface area contributed by atoms with Gasteiger partial charge in [-0.3, -0.25) is 9.78 Å². The van der Waals surface area contributed by atoms with Crippen LogP contribution < -0.4 is 5.32 Å². The third-order valence-electron chi connectivity index (χ3n) is 5.19. The van der Waals surface area contributed by atoms with Crippen LogP contribution >= 0.6 is 11.3 Å². The SMILES string of the molecule is Cc1ccc(CCCC(=O)c2nc(N[C@@H](C)c3cncc(F)c3)nc3nc(C)sc23)cc1. The highest BCUT2D eigenvalue weighted by Crippen LogP contribution is 2.27. The molecular weight excluding hydrogens is 425 g/mol. The first-order valence-electron chi connectivity index (χ1n) is 10.5. The largest absolute Gasteiger partial charge is 0.348 e. The minimum atomic E-state index is -0.410. The van der Waals surface area contributed by atoms with Crippen LogP contribution in [0.15, 0.2) is 42.7 Å². The summed E-state index contributed by atoms with van der Waals surface area (Å²) in [5.74, 6) is -0.148. The maximum atomic E-state index is 13.5. The molecule has 0 radical (unpaired) electrons. The number of benzene rings is 1. The molecule has 0 fully saturated rings. The lowest BCUT2D eigenvalue weighted by atomic mass is 10.0. The molecule has 0 saturated heterocycles. The van der Waals surface area contributed by atoms with Gasteiger partial charge in [0.1, 0.15) is 16.2 Å². The Balaban J connectivity index is 1.53. The maximum absolute atomic E-state index is 13.5. The zero-order valence-electron chi connectivity index (χ0n) is 18.2. The summed E-state index contributed by atoms with van der Waals surface area (Å²) >= 11 is 1.42. The molecule has 6 nitrogen and oxygen atoms in total. The van der Waals surface area contributed by atoms with Gasteiger partial charge in [0.15, 0.2) is 11.4 Å². The number of nitrogens with one attached hydrogen (secondary N) is 1. The number of Topliss-reactive ketones (excluding diaryl/α,β-unsaturated/α-hetero) is 1. The molecule has 3 aromatic heterocycles. The molecule has 1 atom stereocenters. The molecule has 1 aromatic carbocycles. The highest BCUT2D eigenvalue weighted by Gasteiger charge is 2.19. The van der Waals surface area contributed by atoms with Crippen LogP contribution in [0.2, 0.25) is 0 Å². The van der Waals surface area contributed by atoms with E-state index in [4.69, 9.17) is 0 Å². The average Bonchev–Trinajstić information content (AvgIpc) is 3.14. The van der Waals surface area contributed by atoms with E-state index in [1.54, 1.807) is 6.20 Å². The molecule has 3 heterocycles. The highest BCUT2D eigenvalue weighted by atomic mass is 32.1. The van der Waals surface area contributed by atoms with Crippen molar-refractivity contribution >= 4 is 33.4 Å². The predicted molar refractivity (Wildman–Crippen MR) is 125 cm³/mol. The first-order chi connectivity index (χ1) is 15.4. The lowest BCUT2D eigenvalue weighted by molar-refractivity contribution is 0.0977. The van der Waals surface area contributed by atoms with E-state index in [2.05, 4.69) is 56.4 Å². The van der Waals surface area contributed by atoms with Gasteiger partial charge >= 0.3 is 0 Å². The number of carbonyl (C=O) groups excluding carboxylic acids is 1. The van der Waals surface area contributed by atoms with Crippen LogP contribution in [0.25, 0.3) is 10.3 Å². The molecule has 164 valence electrons. The summed E-state index contributed by atoms with van der Waals surface area (Å²) in [5.41, 5.74) is 3.98. The van der Waals surface area contributed by atoms with Crippen molar-refractivity contribution in [1.29, 1.82) is 0 Å². The summed E-state index contributed by atoms with van der Waals surface area (Å²) in [5, 5.41) is 3.97. The van der Waals surface area contributed by atoms with Crippen molar-refractivity contribution in [3.63, 3.8) is 0 Å². The number of fused-ring (bicyclic) bond motifs is 1. The number of aryl methyl sites for hydroxylation is 3. The Morgan fingerprint density at radius 1 is 1.12 bits per heavy atom. The number of rotatable bonds is 8. The highest BCUT2D eigenvalue weighted by molar-refractivity contribution is 7.18. The second kappa shape index (κ2) is 9.48. The molecular formula is C24H24FN5OS. The molecule has 4 rings (SSSR count). The average molecular weight is 450 g/mol. The van der Waals surface area contributed by atoms with Gasteiger partial charge in [0.25, 0.3) is 0 Å². The van der Waals surface area contributed by atoms with Crippen LogP contribution in [-0.4, -0.2) is 25.7 Å². The van der Waals surface area contributed by atoms with E-state index in [1.165, 1.54) is 28.5 Å². The topological polar surface area (TPSA) is 80.7 Å². The third-order valence-corrected chi connectivity index (χ3v) is 6.15. The maximum Gasteiger partial charge on any atom is 0.225 e. The zero-order chi connectivity index (χ0) is 22.7. The summed E-state index contributed by atoms with van der Waals surface area (Å²) in [6.45, 7) is 5.80. The van der Waals surface area contributed by atoms with Gasteiger partial charge in [-0.15, -0.1) is 11.3 Å². The van der Waals surface area contributed by atoms with Crippen molar-refractivity contribution in [2.45, 2.75) is 46.1 Å². The van der Waals surface area contributed by atoms with Gasteiger partial charge in [-0.05, 0) is 50.8 Å². The van der Waals surface area contributed by atoms with E-state index < -0.39 is 5.82 Å². The van der Waals surface area contributed by atoms with Crippen molar-refractivity contribution in [1.82, 2.24) is 19.9 Å². The van der Waals surface area contributed by atoms with E-state index in [0.717, 1.165) is 24.0 Å². The number of aromatic nitrogens is 4. The number of anilines is 1. The second-order valence-electron chi connectivity index (χ2n) is 7.85. The van der Waals surface area contributed by atoms with Crippen LogP contribution in [0.3, 0.4) is 0 Å². The van der Waals surface area contributed by atoms with Crippen molar-refractivity contribution in [3.8, 4) is 0 Å². The molecule has 0 spiro atoms. The smallest absolute Gasteiger partial charge is 0.225 e. The van der Waals surface area contributed by atoms with Gasteiger partial charge in [-0.1, -0.05) is 29.8 Å². The number of hydrogen-bond acceptors (Lipinski definition) is 7. The van der Waals surface area contributed by atoms with E-state index in [9.17, 15) is 9.18 Å². The fourth-order valence-electron chi connectivity index (χ4n) is 3.45. The molecule has 0 unspecified atom stereocenters. The standard InChI is InChI=1S/C24H24FN5OS/c1-14-7-9-17(10-8-14)5-4-6-20(31)21-22-23(28-16(3)32-22)30-24(29-21)27-15(2)18-11-19(25)13-26-12-18/h7-13,15H,4-6H2,1-3H3,(H,27,29,30)/t15-/m0/s1. The van der Waals surface area contributed by atoms with Gasteiger partial charge in [-0.2, -0.15) is 4.98 Å². The van der Waals surface area contributed by atoms with Crippen molar-refractivity contribution in [2.24, 2.45) is 0 Å². The first kappa shape index (κ1) is 22.0. The fraction of sp³-hybridized carbons (Fsp3) is 0.292. The summed E-state index contributed by atoms with van der Waals surface area (Å²) in [4.78, 5) is 30.4. The Morgan fingerprint density at radius 3 is 2.66 bits per heavy atom. The van der Waals surface area contributed by atoms with Crippen LogP contribution in [0, 0.1) is 19.7 Å². The molecule has 0 aliphatic carbocycles. The van der Waals surface area contributed by atoms with Crippen LogP contribution in [0.4, 0.5) is 10.3 Å². The number of halogens is 1. The lowest BCUT2D eigenvalue weighted by Crippen LogP contribution is -2.13. The molecule has 8 heteroatoms. The van der Waals surface area contributed by atoms with Gasteiger partial charge in [0.05, 0.1) is 17.2 Å². The molecule has 1 N–H and O–H groups in total. The molecule has 32 heavy (non-hydrogen) atoms. The Labute approximate surface area is 190 Å². The van der Waals surface area contributed by atoms with Crippen LogP contribution in [0.1, 0.15) is 58.0 Å². The first-order valence-corrected chi connectivity index (χ1v) is 11.3. The third kappa shape index (κ3) is 5.13. The molecule has 0 aliphatic rings. The number of nitrogens with zero attached hydrogens (tertiary/aromatic N) is 4. The number of hydrogen-bond donors (Lipinski definition) is 1. The summed E-state index contributed by atoms with van der Waals surface area (Å²) in [6, 6.07) is 9.48. The fourth-order valence-corrected chi connectivity index (χ4v) is 4.32. The van der Waals surface area contributed by atoms with Crippen molar-refractivity contribution in [2.75, 3.05) is 5.32 Å². The van der Waals surface area contributed by atoms with E-state index in [-0.39, 0.29) is 11.8 Å². The zero-order valence-corrected chi connectivity index (χ0v) is 19.0. The van der Waals surface area contributed by atoms with E-state index in [1.807, 2.05) is 13.8 Å². The summed E-state index contributed by atoms with van der Waals surface area (Å²) < 4.78 is 14.2. The quantitative estimate of drug-likeness (QED) is 0.352. The van der Waals surface area contributed by atoms with Crippen LogP contribution in [0.5, 0.6) is 0 Å². The monoisotopic (exact) mass is 449 g/mol. The second-order valence-corrected chi connectivity index (χ2v) is 9.05. The lowest BCUT2D eigenvalue weighted by Gasteiger charge is -2.14. The molecule has 4 aromatic rings. The minimum Gasteiger partial charge on any atom is -0.348 e. The Hall–Kier alpha value is -3.26. The summed E-state index contributed by atoms with van der Waals surface area (Å²) in [7, 11) is 0. The van der Waals surface area contributed by atoms with Crippen LogP contribution in [-0.2, 0) is 6.42 Å². The Bertz CT molecular complexity index is 1260. The van der Waals surface area contributed by atoms with E-state index >= 15 is 0 Å². The number of ketones is 1. The number of carbonyl (C=O) groups is 1. The minimum absolute atomic E-state index is 0.0312. The molecule has 0 amide bonds. The van der Waals surface area contributed by atoms with Crippen molar-refractivity contribution < 1.29 is 9.18 Å². The van der Waals surface area contributed by atoms with Gasteiger partial charge in [0, 0.05) is 12.6 Å².